The average Bonchev–Trinajstić information content (AvgIpc) is 2.79. The lowest BCUT2D eigenvalue weighted by atomic mass is 9.89. The van der Waals surface area contributed by atoms with E-state index in [0.717, 1.165) is 24.4 Å². The minimum absolute atomic E-state index is 0.178. The molecule has 0 spiro atoms. The lowest BCUT2D eigenvalue weighted by Gasteiger charge is -2.39. The summed E-state index contributed by atoms with van der Waals surface area (Å²) in [5.41, 5.74) is 4.95. The molecule has 2 rings (SSSR count). The molecule has 1 fully saturated rings. The summed E-state index contributed by atoms with van der Waals surface area (Å²) >= 11 is 11.9. The molecule has 0 atom stereocenters. The van der Waals surface area contributed by atoms with Gasteiger partial charge in [0, 0.05) is 13.1 Å². The van der Waals surface area contributed by atoms with Gasteiger partial charge in [-0.1, -0.05) is 23.8 Å². The molecule has 1 aliphatic heterocycles. The summed E-state index contributed by atoms with van der Waals surface area (Å²) in [6.07, 6.45) is 1.13. The number of thiophene rings is 1. The molecule has 1 aromatic heterocycles. The summed E-state index contributed by atoms with van der Waals surface area (Å²) in [5.74, 6) is 0. The van der Waals surface area contributed by atoms with Gasteiger partial charge in [0.15, 0.2) is 0 Å². The Hall–Kier alpha value is -0.250. The second-order valence-corrected chi connectivity index (χ2v) is 8.98. The lowest BCUT2D eigenvalue weighted by molar-refractivity contribution is 0.221. The monoisotopic (exact) mass is 353 g/mol. The second-order valence-electron chi connectivity index (χ2n) is 4.91. The highest BCUT2D eigenvalue weighted by molar-refractivity contribution is 7.91. The Morgan fingerprint density at radius 3 is 2.55 bits per heavy atom. The first kappa shape index (κ1) is 16.1. The van der Waals surface area contributed by atoms with Crippen molar-refractivity contribution in [1.29, 1.82) is 0 Å². The van der Waals surface area contributed by atoms with Crippen molar-refractivity contribution in [2.75, 3.05) is 20.1 Å². The Kier molecular flexibility index (Phi) is 4.73. The zero-order valence-electron chi connectivity index (χ0n) is 10.9. The Morgan fingerprint density at radius 2 is 2.10 bits per heavy atom. The normalized spacial score (nSPS) is 19.9. The number of nitrogens with zero attached hydrogens (tertiary/aromatic N) is 1. The van der Waals surface area contributed by atoms with Crippen molar-refractivity contribution in [1.82, 2.24) is 9.62 Å². The minimum Gasteiger partial charge on any atom is -0.392 e. The number of halogens is 1. The van der Waals surface area contributed by atoms with E-state index in [0.29, 0.717) is 17.2 Å². The standard InChI is InChI=1S/C11H16ClN3O2S3/c1-15-6-4-11(5-7-15,10(13)18)14-20(16,17)9-3-2-8(12)19-9/h2-3,14H,4-7H2,1H3,(H2,13,18). The average molecular weight is 354 g/mol. The molecule has 9 heteroatoms. The fourth-order valence-corrected chi connectivity index (χ4v) is 5.39. The molecule has 20 heavy (non-hydrogen) atoms. The van der Waals surface area contributed by atoms with Gasteiger partial charge in [-0.05, 0) is 32.0 Å². The van der Waals surface area contributed by atoms with Crippen LogP contribution in [0.1, 0.15) is 12.8 Å². The molecule has 1 aromatic rings. The third-order valence-electron chi connectivity index (χ3n) is 3.46. The van der Waals surface area contributed by atoms with E-state index >= 15 is 0 Å². The molecular weight excluding hydrogens is 338 g/mol. The number of rotatable bonds is 4. The van der Waals surface area contributed by atoms with Crippen LogP contribution in [0.4, 0.5) is 0 Å². The van der Waals surface area contributed by atoms with E-state index in [-0.39, 0.29) is 9.20 Å². The largest absolute Gasteiger partial charge is 0.392 e. The van der Waals surface area contributed by atoms with Crippen LogP contribution in [0, 0.1) is 0 Å². The molecule has 0 radical (unpaired) electrons. The van der Waals surface area contributed by atoms with Crippen LogP contribution in [-0.4, -0.2) is 44.0 Å². The van der Waals surface area contributed by atoms with Gasteiger partial charge in [-0.3, -0.25) is 0 Å². The number of likely N-dealkylation sites (tertiary alicyclic amines) is 1. The molecule has 2 heterocycles. The number of hydrogen-bond acceptors (Lipinski definition) is 5. The molecule has 0 bridgehead atoms. The van der Waals surface area contributed by atoms with Crippen molar-refractivity contribution in [3.05, 3.63) is 16.5 Å². The van der Waals surface area contributed by atoms with Crippen LogP contribution in [0.3, 0.4) is 0 Å². The van der Waals surface area contributed by atoms with E-state index in [1.54, 1.807) is 6.07 Å². The molecule has 5 nitrogen and oxygen atoms in total. The van der Waals surface area contributed by atoms with Gasteiger partial charge in [-0.2, -0.15) is 4.72 Å². The summed E-state index contributed by atoms with van der Waals surface area (Å²) in [6.45, 7) is 1.48. The first-order valence-electron chi connectivity index (χ1n) is 6.03. The molecular formula is C11H16ClN3O2S3. The third kappa shape index (κ3) is 3.32. The Labute approximate surface area is 133 Å². The van der Waals surface area contributed by atoms with Gasteiger partial charge in [0.05, 0.1) is 14.9 Å². The molecule has 0 unspecified atom stereocenters. The highest BCUT2D eigenvalue weighted by Gasteiger charge is 2.40. The highest BCUT2D eigenvalue weighted by atomic mass is 35.5. The first-order valence-corrected chi connectivity index (χ1v) is 9.11. The Morgan fingerprint density at radius 1 is 1.50 bits per heavy atom. The predicted molar refractivity (Wildman–Crippen MR) is 85.9 cm³/mol. The SMILES string of the molecule is CN1CCC(NS(=O)(=O)c2ccc(Cl)s2)(C(N)=S)CC1. The van der Waals surface area contributed by atoms with Crippen molar-refractivity contribution in [3.8, 4) is 0 Å². The van der Waals surface area contributed by atoms with E-state index < -0.39 is 15.6 Å². The summed E-state index contributed by atoms with van der Waals surface area (Å²) in [5, 5.41) is 0. The molecule has 3 N–H and O–H groups in total. The molecule has 0 aromatic carbocycles. The fraction of sp³-hybridized carbons (Fsp3) is 0.545. The molecule has 0 aliphatic carbocycles. The van der Waals surface area contributed by atoms with Crippen LogP contribution in [0.25, 0.3) is 0 Å². The highest BCUT2D eigenvalue weighted by Crippen LogP contribution is 2.29. The summed E-state index contributed by atoms with van der Waals surface area (Å²) < 4.78 is 28.1. The summed E-state index contributed by atoms with van der Waals surface area (Å²) in [7, 11) is -1.68. The van der Waals surface area contributed by atoms with Gasteiger partial charge < -0.3 is 10.6 Å². The smallest absolute Gasteiger partial charge is 0.250 e. The molecule has 1 aliphatic rings. The number of nitrogens with one attached hydrogen (secondary N) is 1. The zero-order valence-corrected chi connectivity index (χ0v) is 14.1. The maximum absolute atomic E-state index is 12.4. The fourth-order valence-electron chi connectivity index (χ4n) is 2.15. The van der Waals surface area contributed by atoms with Crippen LogP contribution in [0.5, 0.6) is 0 Å². The van der Waals surface area contributed by atoms with Crippen molar-refractivity contribution < 1.29 is 8.42 Å². The quantitative estimate of drug-likeness (QED) is 0.801. The van der Waals surface area contributed by atoms with Gasteiger partial charge in [0.25, 0.3) is 10.0 Å². The van der Waals surface area contributed by atoms with Crippen LogP contribution in [-0.2, 0) is 10.0 Å². The van der Waals surface area contributed by atoms with Crippen LogP contribution in [0.2, 0.25) is 4.34 Å². The third-order valence-corrected chi connectivity index (χ3v) is 7.11. The zero-order chi connectivity index (χ0) is 15.0. The number of sulfonamides is 1. The maximum Gasteiger partial charge on any atom is 0.250 e. The lowest BCUT2D eigenvalue weighted by Crippen LogP contribution is -2.61. The number of thiocarbonyl (C=S) groups is 1. The molecule has 0 saturated carbocycles. The maximum atomic E-state index is 12.4. The van der Waals surface area contributed by atoms with Gasteiger partial charge in [0.1, 0.15) is 4.21 Å². The summed E-state index contributed by atoms with van der Waals surface area (Å²) in [4.78, 5) is 2.31. The first-order chi connectivity index (χ1) is 9.25. The minimum atomic E-state index is -3.66. The van der Waals surface area contributed by atoms with Crippen molar-refractivity contribution in [2.45, 2.75) is 22.6 Å². The van der Waals surface area contributed by atoms with E-state index in [2.05, 4.69) is 9.62 Å². The van der Waals surface area contributed by atoms with E-state index in [1.165, 1.54) is 6.07 Å². The van der Waals surface area contributed by atoms with Crippen molar-refractivity contribution in [2.24, 2.45) is 5.73 Å². The molecule has 1 saturated heterocycles. The Bertz CT molecular complexity index is 606. The van der Waals surface area contributed by atoms with Gasteiger partial charge in [-0.25, -0.2) is 8.42 Å². The molecule has 112 valence electrons. The predicted octanol–water partition coefficient (Wildman–Crippen LogP) is 1.43. The van der Waals surface area contributed by atoms with E-state index in [4.69, 9.17) is 29.6 Å². The number of hydrogen-bond donors (Lipinski definition) is 2. The van der Waals surface area contributed by atoms with Crippen LogP contribution >= 0.6 is 35.2 Å². The number of nitrogens with two attached hydrogens (primary N) is 1. The van der Waals surface area contributed by atoms with Crippen molar-refractivity contribution >= 4 is 50.2 Å². The van der Waals surface area contributed by atoms with Crippen LogP contribution < -0.4 is 10.5 Å². The van der Waals surface area contributed by atoms with Crippen molar-refractivity contribution in [3.63, 3.8) is 0 Å². The van der Waals surface area contributed by atoms with Gasteiger partial charge in [0.2, 0.25) is 0 Å². The topological polar surface area (TPSA) is 75.4 Å². The second kappa shape index (κ2) is 5.86. The Balaban J connectivity index is 2.27. The number of piperidine rings is 1. The van der Waals surface area contributed by atoms with E-state index in [1.807, 2.05) is 7.05 Å². The summed E-state index contributed by atoms with van der Waals surface area (Å²) in [6, 6.07) is 3.04. The van der Waals surface area contributed by atoms with Crippen LogP contribution in [0.15, 0.2) is 16.3 Å². The van der Waals surface area contributed by atoms with Gasteiger partial charge in [-0.15, -0.1) is 11.3 Å². The van der Waals surface area contributed by atoms with E-state index in [9.17, 15) is 8.42 Å². The molecule has 0 amide bonds. The van der Waals surface area contributed by atoms with Gasteiger partial charge >= 0.3 is 0 Å².